The molecule has 0 atom stereocenters. The summed E-state index contributed by atoms with van der Waals surface area (Å²) in [5, 5.41) is 0. The molecule has 3 heterocycles. The Morgan fingerprint density at radius 3 is 2.69 bits per heavy atom. The van der Waals surface area contributed by atoms with Crippen molar-refractivity contribution in [3.05, 3.63) is 53.6 Å². The molecule has 39 heavy (non-hydrogen) atoms. The van der Waals surface area contributed by atoms with E-state index in [2.05, 4.69) is 33.7 Å². The first-order chi connectivity index (χ1) is 18.3. The maximum atomic E-state index is 12.7. The van der Waals surface area contributed by atoms with Crippen LogP contribution in [-0.2, 0) is 29.2 Å². The highest BCUT2D eigenvalue weighted by molar-refractivity contribution is 7.91. The minimum Gasteiger partial charge on any atom is -0.491 e. The van der Waals surface area contributed by atoms with Gasteiger partial charge in [-0.15, -0.1) is 0 Å². The lowest BCUT2D eigenvalue weighted by atomic mass is 9.76. The number of ether oxygens (including phenoxy) is 1. The standard InChI is InChI=1S/C27H30F3N5O3S/c1-26(2)6-5-21-20(13-26)25(34-16-33-21)35-8-9-38-22-4-3-17(11-19(22)15-35)18-12-23(24(31)32-14-18)39(36,37)10-7-27(28,29)30/h3-4,11-12,14,16H,5-10,13,15H2,1-2H3,(H2,31,32). The average molecular weight is 562 g/mol. The van der Waals surface area contributed by atoms with Crippen LogP contribution < -0.4 is 15.4 Å². The third kappa shape index (κ3) is 5.95. The summed E-state index contributed by atoms with van der Waals surface area (Å²) >= 11 is 0. The number of anilines is 2. The topological polar surface area (TPSA) is 111 Å². The van der Waals surface area contributed by atoms with Crippen LogP contribution in [0.15, 0.2) is 41.7 Å². The number of aromatic nitrogens is 3. The molecule has 5 rings (SSSR count). The Labute approximate surface area is 225 Å². The van der Waals surface area contributed by atoms with Crippen LogP contribution >= 0.6 is 0 Å². The third-order valence-electron chi connectivity index (χ3n) is 7.25. The van der Waals surface area contributed by atoms with Crippen LogP contribution in [0.3, 0.4) is 0 Å². The summed E-state index contributed by atoms with van der Waals surface area (Å²) in [6.45, 7) is 6.08. The maximum Gasteiger partial charge on any atom is 0.390 e. The van der Waals surface area contributed by atoms with Gasteiger partial charge in [0, 0.05) is 35.1 Å². The van der Waals surface area contributed by atoms with Crippen LogP contribution in [-0.4, -0.2) is 48.5 Å². The van der Waals surface area contributed by atoms with E-state index in [-0.39, 0.29) is 11.2 Å². The molecule has 2 N–H and O–H groups in total. The van der Waals surface area contributed by atoms with Crippen LogP contribution in [0.5, 0.6) is 5.75 Å². The lowest BCUT2D eigenvalue weighted by Gasteiger charge is -2.33. The minimum atomic E-state index is -4.60. The zero-order chi connectivity index (χ0) is 28.0. The van der Waals surface area contributed by atoms with Gasteiger partial charge in [-0.1, -0.05) is 19.9 Å². The summed E-state index contributed by atoms with van der Waals surface area (Å²) in [6, 6.07) is 6.74. The quantitative estimate of drug-likeness (QED) is 0.475. The second-order valence-electron chi connectivity index (χ2n) is 10.8. The molecule has 208 valence electrons. The van der Waals surface area contributed by atoms with Gasteiger partial charge < -0.3 is 15.4 Å². The Balaban J connectivity index is 1.46. The number of benzene rings is 1. The zero-order valence-corrected chi connectivity index (χ0v) is 22.6. The zero-order valence-electron chi connectivity index (χ0n) is 21.8. The molecule has 0 amide bonds. The first kappa shape index (κ1) is 27.2. The summed E-state index contributed by atoms with van der Waals surface area (Å²) in [5.74, 6) is 0.160. The van der Waals surface area contributed by atoms with Gasteiger partial charge in [0.05, 0.1) is 18.7 Å². The smallest absolute Gasteiger partial charge is 0.390 e. The molecule has 1 aromatic carbocycles. The molecule has 3 aromatic rings. The fourth-order valence-corrected chi connectivity index (χ4v) is 6.51. The van der Waals surface area contributed by atoms with Gasteiger partial charge in [0.25, 0.3) is 0 Å². The molecule has 2 aliphatic rings. The van der Waals surface area contributed by atoms with Crippen molar-refractivity contribution in [1.82, 2.24) is 15.0 Å². The second kappa shape index (κ2) is 9.96. The van der Waals surface area contributed by atoms with E-state index >= 15 is 0 Å². The Kier molecular flexibility index (Phi) is 6.94. The monoisotopic (exact) mass is 561 g/mol. The molecule has 0 fully saturated rings. The first-order valence-electron chi connectivity index (χ1n) is 12.7. The molecule has 0 saturated heterocycles. The van der Waals surface area contributed by atoms with E-state index in [1.165, 1.54) is 12.3 Å². The van der Waals surface area contributed by atoms with E-state index in [0.29, 0.717) is 36.6 Å². The number of halogens is 3. The average Bonchev–Trinajstić information content (AvgIpc) is 3.08. The number of nitrogens with two attached hydrogens (primary N) is 1. The van der Waals surface area contributed by atoms with Crippen LogP contribution in [0.2, 0.25) is 0 Å². The molecule has 0 bridgehead atoms. The molecule has 0 spiro atoms. The van der Waals surface area contributed by atoms with Gasteiger partial charge in [-0.25, -0.2) is 23.4 Å². The van der Waals surface area contributed by atoms with E-state index in [0.717, 1.165) is 41.9 Å². The summed E-state index contributed by atoms with van der Waals surface area (Å²) in [5.41, 5.74) is 10.1. The number of nitrogens with zero attached hydrogens (tertiary/aromatic N) is 4. The molecule has 0 radical (unpaired) electrons. The highest BCUT2D eigenvalue weighted by Crippen LogP contribution is 2.39. The highest BCUT2D eigenvalue weighted by atomic mass is 32.2. The lowest BCUT2D eigenvalue weighted by Crippen LogP contribution is -2.31. The van der Waals surface area contributed by atoms with Crippen molar-refractivity contribution in [2.75, 3.05) is 29.5 Å². The van der Waals surface area contributed by atoms with Gasteiger partial charge in [-0.3, -0.25) is 0 Å². The number of alkyl halides is 3. The lowest BCUT2D eigenvalue weighted by molar-refractivity contribution is -0.129. The largest absolute Gasteiger partial charge is 0.491 e. The SMILES string of the molecule is CC1(C)CCc2ncnc(N3CCOc4ccc(-c5cnc(N)c(S(=O)(=O)CCC(F)(F)F)c5)cc4C3)c2C1. The van der Waals surface area contributed by atoms with Crippen molar-refractivity contribution in [3.8, 4) is 16.9 Å². The number of rotatable bonds is 5. The van der Waals surface area contributed by atoms with Crippen molar-refractivity contribution in [2.24, 2.45) is 5.41 Å². The molecule has 2 aromatic heterocycles. The van der Waals surface area contributed by atoms with Crippen molar-refractivity contribution < 1.29 is 26.3 Å². The van der Waals surface area contributed by atoms with Crippen LogP contribution in [0.25, 0.3) is 11.1 Å². The Hall–Kier alpha value is -3.41. The number of nitrogen functional groups attached to an aromatic ring is 1. The molecular formula is C27H30F3N5O3S. The Morgan fingerprint density at radius 1 is 1.13 bits per heavy atom. The van der Waals surface area contributed by atoms with Crippen LogP contribution in [0.4, 0.5) is 24.8 Å². The van der Waals surface area contributed by atoms with Crippen molar-refractivity contribution in [2.45, 2.75) is 57.1 Å². The van der Waals surface area contributed by atoms with E-state index in [1.807, 2.05) is 6.07 Å². The Bertz CT molecular complexity index is 1510. The normalized spacial score (nSPS) is 17.1. The van der Waals surface area contributed by atoms with E-state index in [4.69, 9.17) is 10.5 Å². The number of hydrogen-bond donors (Lipinski definition) is 1. The van der Waals surface area contributed by atoms with Gasteiger partial charge in [0.1, 0.15) is 35.2 Å². The molecule has 0 unspecified atom stereocenters. The summed E-state index contributed by atoms with van der Waals surface area (Å²) < 4.78 is 69.4. The predicted octanol–water partition coefficient (Wildman–Crippen LogP) is 4.76. The maximum absolute atomic E-state index is 12.7. The number of hydrogen-bond acceptors (Lipinski definition) is 8. The summed E-state index contributed by atoms with van der Waals surface area (Å²) in [4.78, 5) is 14.9. The molecular weight excluding hydrogens is 531 g/mol. The van der Waals surface area contributed by atoms with Crippen LogP contribution in [0.1, 0.15) is 43.5 Å². The van der Waals surface area contributed by atoms with Gasteiger partial charge in [0.15, 0.2) is 9.84 Å². The van der Waals surface area contributed by atoms with E-state index < -0.39 is 33.1 Å². The molecule has 1 aliphatic carbocycles. The molecule has 1 aliphatic heterocycles. The number of pyridine rings is 1. The van der Waals surface area contributed by atoms with Gasteiger partial charge >= 0.3 is 6.18 Å². The van der Waals surface area contributed by atoms with Gasteiger partial charge in [0.2, 0.25) is 0 Å². The van der Waals surface area contributed by atoms with Gasteiger partial charge in [-0.2, -0.15) is 13.2 Å². The fourth-order valence-electron chi connectivity index (χ4n) is 5.11. The summed E-state index contributed by atoms with van der Waals surface area (Å²) in [6.07, 6.45) is -0.195. The second-order valence-corrected chi connectivity index (χ2v) is 12.9. The molecule has 12 heteroatoms. The van der Waals surface area contributed by atoms with E-state index in [1.54, 1.807) is 18.5 Å². The van der Waals surface area contributed by atoms with Crippen LogP contribution in [0, 0.1) is 5.41 Å². The Morgan fingerprint density at radius 2 is 1.92 bits per heavy atom. The van der Waals surface area contributed by atoms with Crippen molar-refractivity contribution in [1.29, 1.82) is 0 Å². The van der Waals surface area contributed by atoms with E-state index in [9.17, 15) is 21.6 Å². The number of sulfone groups is 1. The number of fused-ring (bicyclic) bond motifs is 2. The fraction of sp³-hybridized carbons (Fsp3) is 0.444. The first-order valence-corrected chi connectivity index (χ1v) is 14.4. The predicted molar refractivity (Wildman–Crippen MR) is 141 cm³/mol. The minimum absolute atomic E-state index is 0.153. The molecule has 8 nitrogen and oxygen atoms in total. The highest BCUT2D eigenvalue weighted by Gasteiger charge is 2.32. The van der Waals surface area contributed by atoms with Crippen molar-refractivity contribution in [3.63, 3.8) is 0 Å². The molecule has 0 saturated carbocycles. The van der Waals surface area contributed by atoms with Gasteiger partial charge in [-0.05, 0) is 48.4 Å². The third-order valence-corrected chi connectivity index (χ3v) is 8.99. The summed E-state index contributed by atoms with van der Waals surface area (Å²) in [7, 11) is -4.30. The van der Waals surface area contributed by atoms with Crippen molar-refractivity contribution >= 4 is 21.5 Å². The number of aryl methyl sites for hydroxylation is 1.